The number of pyridine rings is 1. The number of H-pyrrole nitrogens is 1. The highest BCUT2D eigenvalue weighted by molar-refractivity contribution is 5.94. The van der Waals surface area contributed by atoms with Gasteiger partial charge in [0.2, 0.25) is 0 Å². The second-order valence-corrected chi connectivity index (χ2v) is 7.57. The molecule has 2 aromatic heterocycles. The number of fused-ring (bicyclic) bond motifs is 4. The van der Waals surface area contributed by atoms with Crippen molar-refractivity contribution in [2.45, 2.75) is 32.9 Å². The summed E-state index contributed by atoms with van der Waals surface area (Å²) < 4.78 is 7.98. The number of aromatic carboxylic acids is 1. The van der Waals surface area contributed by atoms with Gasteiger partial charge in [-0.2, -0.15) is 0 Å². The molecule has 1 aliphatic rings. The molecule has 0 atom stereocenters. The Hall–Kier alpha value is -2.97. The highest BCUT2D eigenvalue weighted by atomic mass is 35.5. The van der Waals surface area contributed by atoms with Crippen molar-refractivity contribution in [2.24, 2.45) is 7.05 Å². The van der Waals surface area contributed by atoms with Crippen molar-refractivity contribution in [3.63, 3.8) is 0 Å². The van der Waals surface area contributed by atoms with Crippen LogP contribution in [0.2, 0.25) is 0 Å². The van der Waals surface area contributed by atoms with Crippen LogP contribution in [-0.2, 0) is 20.0 Å². The quantitative estimate of drug-likeness (QED) is 0.502. The van der Waals surface area contributed by atoms with Crippen molar-refractivity contribution in [1.29, 1.82) is 0 Å². The van der Waals surface area contributed by atoms with Gasteiger partial charge in [0.15, 0.2) is 5.56 Å². The van der Waals surface area contributed by atoms with E-state index in [1.54, 1.807) is 0 Å². The first-order valence-corrected chi connectivity index (χ1v) is 9.48. The van der Waals surface area contributed by atoms with Crippen molar-refractivity contribution in [3.05, 3.63) is 45.4 Å². The number of nitrogens with one attached hydrogen (secondary N) is 2. The van der Waals surface area contributed by atoms with Crippen LogP contribution in [0, 0.1) is 0 Å². The van der Waals surface area contributed by atoms with Gasteiger partial charge in [-0.1, -0.05) is 13.8 Å². The third kappa shape index (κ3) is 3.53. The predicted octanol–water partition coefficient (Wildman–Crippen LogP) is 2.79. The van der Waals surface area contributed by atoms with E-state index in [1.807, 2.05) is 19.2 Å². The standard InChI is InChI=1S/C21H23N3O5.ClH/c1-10(2)22-9-12-6-11-7-14-16(8-15(11)24(12)3)29-5-4-13-18(14)23-20(26)17(19(13)25)21(27)28;/h6-8,10,22H,4-5,9H2,1-3H3,(H,27,28)(H2,23,25,26);1H. The minimum atomic E-state index is -1.46. The minimum absolute atomic E-state index is 0. The molecular weight excluding hydrogens is 410 g/mol. The molecule has 4 N–H and O–H groups in total. The summed E-state index contributed by atoms with van der Waals surface area (Å²) in [5.74, 6) is -1.38. The smallest absolute Gasteiger partial charge is 0.345 e. The van der Waals surface area contributed by atoms with Gasteiger partial charge < -0.3 is 29.8 Å². The van der Waals surface area contributed by atoms with Crippen molar-refractivity contribution < 1.29 is 19.7 Å². The van der Waals surface area contributed by atoms with Gasteiger partial charge in [-0.25, -0.2) is 4.79 Å². The Kier molecular flexibility index (Phi) is 5.83. The monoisotopic (exact) mass is 433 g/mol. The first-order valence-electron chi connectivity index (χ1n) is 9.48. The van der Waals surface area contributed by atoms with Gasteiger partial charge in [-0.3, -0.25) is 4.79 Å². The number of aryl methyl sites for hydroxylation is 1. The van der Waals surface area contributed by atoms with Gasteiger partial charge in [-0.05, 0) is 12.1 Å². The van der Waals surface area contributed by atoms with Crippen LogP contribution in [-0.4, -0.2) is 38.4 Å². The largest absolute Gasteiger partial charge is 0.506 e. The summed E-state index contributed by atoms with van der Waals surface area (Å²) in [5, 5.41) is 24.1. The topological polar surface area (TPSA) is 117 Å². The van der Waals surface area contributed by atoms with Crippen LogP contribution < -0.4 is 15.6 Å². The van der Waals surface area contributed by atoms with E-state index in [0.717, 1.165) is 16.6 Å². The summed E-state index contributed by atoms with van der Waals surface area (Å²) in [6, 6.07) is 6.25. The number of aromatic amines is 1. The number of hydrogen-bond acceptors (Lipinski definition) is 5. The van der Waals surface area contributed by atoms with Gasteiger partial charge in [0.1, 0.15) is 11.5 Å². The fraction of sp³-hybridized carbons (Fsp3) is 0.333. The number of halogens is 1. The number of aromatic hydroxyl groups is 1. The molecule has 160 valence electrons. The Bertz CT molecular complexity index is 1200. The number of rotatable bonds is 4. The summed E-state index contributed by atoms with van der Waals surface area (Å²) in [6.07, 6.45) is 0.285. The number of benzene rings is 1. The number of nitrogens with zero attached hydrogens (tertiary/aromatic N) is 1. The van der Waals surface area contributed by atoms with Gasteiger partial charge in [0, 0.05) is 54.3 Å². The summed E-state index contributed by atoms with van der Waals surface area (Å²) >= 11 is 0. The Morgan fingerprint density at radius 2 is 2.07 bits per heavy atom. The second-order valence-electron chi connectivity index (χ2n) is 7.57. The molecule has 0 amide bonds. The summed E-state index contributed by atoms with van der Waals surface area (Å²) in [4.78, 5) is 26.3. The van der Waals surface area contributed by atoms with E-state index < -0.39 is 22.8 Å². The van der Waals surface area contributed by atoms with Crippen LogP contribution in [0.4, 0.5) is 0 Å². The Labute approximate surface area is 178 Å². The number of ether oxygens (including phenoxy) is 1. The predicted molar refractivity (Wildman–Crippen MR) is 116 cm³/mol. The zero-order valence-electron chi connectivity index (χ0n) is 16.9. The maximum absolute atomic E-state index is 12.3. The first-order chi connectivity index (χ1) is 13.8. The molecule has 3 heterocycles. The molecule has 9 heteroatoms. The molecule has 4 rings (SSSR count). The normalized spacial score (nSPS) is 12.7. The third-order valence-corrected chi connectivity index (χ3v) is 5.32. The maximum Gasteiger partial charge on any atom is 0.345 e. The zero-order chi connectivity index (χ0) is 20.9. The number of carboxylic acid groups (broad SMARTS) is 1. The van der Waals surface area contributed by atoms with Gasteiger partial charge >= 0.3 is 5.97 Å². The van der Waals surface area contributed by atoms with Crippen LogP contribution in [0.1, 0.15) is 35.5 Å². The lowest BCUT2D eigenvalue weighted by atomic mass is 9.99. The molecule has 8 nitrogen and oxygen atoms in total. The Morgan fingerprint density at radius 3 is 2.73 bits per heavy atom. The molecule has 1 aromatic carbocycles. The van der Waals surface area contributed by atoms with Crippen molar-refractivity contribution in [3.8, 4) is 22.8 Å². The minimum Gasteiger partial charge on any atom is -0.506 e. The van der Waals surface area contributed by atoms with E-state index in [9.17, 15) is 19.8 Å². The molecule has 3 aromatic rings. The van der Waals surface area contributed by atoms with Crippen molar-refractivity contribution >= 4 is 29.3 Å². The van der Waals surface area contributed by atoms with Gasteiger partial charge in [0.25, 0.3) is 5.56 Å². The molecule has 0 spiro atoms. The molecule has 0 fully saturated rings. The molecule has 0 unspecified atom stereocenters. The lowest BCUT2D eigenvalue weighted by Crippen LogP contribution is -2.22. The highest BCUT2D eigenvalue weighted by Gasteiger charge is 2.26. The van der Waals surface area contributed by atoms with Crippen LogP contribution in [0.3, 0.4) is 0 Å². The van der Waals surface area contributed by atoms with Crippen molar-refractivity contribution in [1.82, 2.24) is 14.9 Å². The van der Waals surface area contributed by atoms with E-state index in [1.165, 1.54) is 0 Å². The number of hydrogen-bond donors (Lipinski definition) is 4. The molecule has 0 radical (unpaired) electrons. The Morgan fingerprint density at radius 1 is 1.33 bits per heavy atom. The fourth-order valence-electron chi connectivity index (χ4n) is 3.78. The molecule has 0 bridgehead atoms. The maximum atomic E-state index is 12.3. The van der Waals surface area contributed by atoms with E-state index in [0.29, 0.717) is 35.2 Å². The van der Waals surface area contributed by atoms with Gasteiger partial charge in [-0.15, -0.1) is 12.4 Å². The number of carboxylic acids is 1. The van der Waals surface area contributed by atoms with E-state index >= 15 is 0 Å². The van der Waals surface area contributed by atoms with Crippen LogP contribution in [0.15, 0.2) is 23.0 Å². The second kappa shape index (κ2) is 8.04. The fourth-order valence-corrected chi connectivity index (χ4v) is 3.78. The molecule has 0 aliphatic carbocycles. The van der Waals surface area contributed by atoms with Gasteiger partial charge in [0.05, 0.1) is 17.8 Å². The number of aromatic nitrogens is 2. The van der Waals surface area contributed by atoms with Crippen LogP contribution in [0.5, 0.6) is 11.5 Å². The molecule has 0 saturated heterocycles. The Balaban J connectivity index is 0.00000256. The molecule has 0 saturated carbocycles. The molecular formula is C21H24ClN3O5. The van der Waals surface area contributed by atoms with Crippen molar-refractivity contribution in [2.75, 3.05) is 6.61 Å². The van der Waals surface area contributed by atoms with Crippen LogP contribution in [0.25, 0.3) is 22.2 Å². The van der Waals surface area contributed by atoms with Crippen LogP contribution >= 0.6 is 12.4 Å². The SMILES string of the molecule is CC(C)NCc1cc2cc3c(cc2n1C)OCCc1c-3[nH]c(=O)c(C(=O)O)c1O.Cl. The lowest BCUT2D eigenvalue weighted by Gasteiger charge is -2.12. The molecule has 1 aliphatic heterocycles. The zero-order valence-corrected chi connectivity index (χ0v) is 17.7. The summed E-state index contributed by atoms with van der Waals surface area (Å²) in [7, 11) is 1.99. The van der Waals surface area contributed by atoms with E-state index in [-0.39, 0.29) is 25.4 Å². The van der Waals surface area contributed by atoms with E-state index in [2.05, 4.69) is 34.8 Å². The molecule has 30 heavy (non-hydrogen) atoms. The average Bonchev–Trinajstić information content (AvgIpc) is 2.83. The lowest BCUT2D eigenvalue weighted by molar-refractivity contribution is 0.0691. The summed E-state index contributed by atoms with van der Waals surface area (Å²) in [5.41, 5.74) is 2.01. The van der Waals surface area contributed by atoms with E-state index in [4.69, 9.17) is 4.74 Å². The average molecular weight is 434 g/mol. The highest BCUT2D eigenvalue weighted by Crippen LogP contribution is 2.40. The first kappa shape index (κ1) is 21.7. The summed E-state index contributed by atoms with van der Waals surface area (Å²) in [6.45, 7) is 5.15. The third-order valence-electron chi connectivity index (χ3n) is 5.32. The number of carbonyl (C=O) groups is 1.